The van der Waals surface area contributed by atoms with Crippen LogP contribution in [0.15, 0.2) is 72.8 Å². The van der Waals surface area contributed by atoms with E-state index in [2.05, 4.69) is 5.32 Å². The molecule has 190 valence electrons. The molecule has 0 aromatic heterocycles. The highest BCUT2D eigenvalue weighted by Crippen LogP contribution is 2.25. The number of thioether (sulfide) groups is 1. The lowest BCUT2D eigenvalue weighted by molar-refractivity contribution is -0.139. The van der Waals surface area contributed by atoms with E-state index in [0.29, 0.717) is 22.2 Å². The van der Waals surface area contributed by atoms with E-state index in [1.54, 1.807) is 35.2 Å². The maximum Gasteiger partial charge on any atom is 0.243 e. The number of halogens is 3. The second-order valence-corrected chi connectivity index (χ2v) is 10.6. The van der Waals surface area contributed by atoms with Gasteiger partial charge in [0.2, 0.25) is 11.8 Å². The highest BCUT2D eigenvalue weighted by Gasteiger charge is 2.30. The van der Waals surface area contributed by atoms with Gasteiger partial charge in [0.05, 0.1) is 15.8 Å². The van der Waals surface area contributed by atoms with Gasteiger partial charge in [0, 0.05) is 24.8 Å². The van der Waals surface area contributed by atoms with E-state index >= 15 is 0 Å². The number of amides is 2. The lowest BCUT2D eigenvalue weighted by Gasteiger charge is -2.32. The summed E-state index contributed by atoms with van der Waals surface area (Å²) in [6, 6.07) is 20.3. The van der Waals surface area contributed by atoms with Crippen molar-refractivity contribution in [3.63, 3.8) is 0 Å². The van der Waals surface area contributed by atoms with Crippen LogP contribution in [0.2, 0.25) is 10.0 Å². The van der Waals surface area contributed by atoms with Crippen LogP contribution in [0.5, 0.6) is 0 Å². The average molecular weight is 548 g/mol. The third-order valence-corrected chi connectivity index (χ3v) is 7.17. The van der Waals surface area contributed by atoms with Crippen LogP contribution in [0.4, 0.5) is 4.39 Å². The second-order valence-electron chi connectivity index (χ2n) is 8.76. The molecule has 0 aliphatic rings. The van der Waals surface area contributed by atoms with Crippen LogP contribution >= 0.6 is 35.0 Å². The van der Waals surface area contributed by atoms with Crippen molar-refractivity contribution in [2.45, 2.75) is 44.6 Å². The van der Waals surface area contributed by atoms with Gasteiger partial charge in [0.15, 0.2) is 0 Å². The molecule has 0 aliphatic heterocycles. The summed E-state index contributed by atoms with van der Waals surface area (Å²) in [6.07, 6.45) is 0.370. The maximum absolute atomic E-state index is 13.6. The van der Waals surface area contributed by atoms with Gasteiger partial charge in [0.1, 0.15) is 11.9 Å². The van der Waals surface area contributed by atoms with Gasteiger partial charge >= 0.3 is 0 Å². The first-order chi connectivity index (χ1) is 17.2. The van der Waals surface area contributed by atoms with Crippen LogP contribution in [0.3, 0.4) is 0 Å². The smallest absolute Gasteiger partial charge is 0.243 e. The van der Waals surface area contributed by atoms with Crippen molar-refractivity contribution in [3.05, 3.63) is 105 Å². The predicted molar refractivity (Wildman–Crippen MR) is 147 cm³/mol. The van der Waals surface area contributed by atoms with E-state index in [1.165, 1.54) is 23.9 Å². The number of nitrogens with zero attached hydrogens (tertiary/aromatic N) is 1. The number of rotatable bonds is 11. The molecule has 3 aromatic carbocycles. The first kappa shape index (κ1) is 28.0. The Kier molecular flexibility index (Phi) is 10.7. The molecule has 0 bridgehead atoms. The molecule has 8 heteroatoms. The Morgan fingerprint density at radius 2 is 1.58 bits per heavy atom. The number of hydrogen-bond acceptors (Lipinski definition) is 3. The molecule has 0 saturated heterocycles. The molecule has 36 heavy (non-hydrogen) atoms. The molecule has 0 heterocycles. The molecule has 0 radical (unpaired) electrons. The Balaban J connectivity index is 1.86. The largest absolute Gasteiger partial charge is 0.352 e. The Morgan fingerprint density at radius 1 is 0.917 bits per heavy atom. The summed E-state index contributed by atoms with van der Waals surface area (Å²) in [5.41, 5.74) is 2.65. The first-order valence-corrected chi connectivity index (χ1v) is 13.5. The summed E-state index contributed by atoms with van der Waals surface area (Å²) in [5.74, 6) is 0.0268. The molecule has 4 nitrogen and oxygen atoms in total. The van der Waals surface area contributed by atoms with E-state index in [4.69, 9.17) is 23.2 Å². The minimum absolute atomic E-state index is 0.0782. The third kappa shape index (κ3) is 8.54. The zero-order valence-corrected chi connectivity index (χ0v) is 22.5. The lowest BCUT2D eigenvalue weighted by atomic mass is 10.0. The molecule has 3 aromatic rings. The van der Waals surface area contributed by atoms with E-state index in [0.717, 1.165) is 16.7 Å². The Labute approximate surface area is 226 Å². The molecule has 3 rings (SSSR count). The van der Waals surface area contributed by atoms with E-state index in [9.17, 15) is 14.0 Å². The van der Waals surface area contributed by atoms with Gasteiger partial charge < -0.3 is 10.2 Å². The summed E-state index contributed by atoms with van der Waals surface area (Å²) in [5, 5.41) is 3.78. The van der Waals surface area contributed by atoms with Crippen LogP contribution in [0, 0.1) is 5.82 Å². The minimum atomic E-state index is -0.719. The molecule has 0 unspecified atom stereocenters. The summed E-state index contributed by atoms with van der Waals surface area (Å²) in [7, 11) is 0. The predicted octanol–water partition coefficient (Wildman–Crippen LogP) is 6.53. The SMILES string of the molecule is CC(C)NC(=O)[C@@H](Cc1ccccc1)N(Cc1ccc(Cl)c(Cl)c1)C(=O)CSCc1ccc(F)cc1. The molecule has 2 amide bonds. The highest BCUT2D eigenvalue weighted by atomic mass is 35.5. The normalized spacial score (nSPS) is 11.8. The fraction of sp³-hybridized carbons (Fsp3) is 0.286. The molecule has 0 spiro atoms. The van der Waals surface area contributed by atoms with Crippen LogP contribution in [0.1, 0.15) is 30.5 Å². The summed E-state index contributed by atoms with van der Waals surface area (Å²) >= 11 is 13.7. The van der Waals surface area contributed by atoms with Crippen LogP contribution in [-0.4, -0.2) is 34.6 Å². The molecular weight excluding hydrogens is 518 g/mol. The van der Waals surface area contributed by atoms with Gasteiger partial charge in [0.25, 0.3) is 0 Å². The topological polar surface area (TPSA) is 49.4 Å². The van der Waals surface area contributed by atoms with Crippen molar-refractivity contribution in [2.75, 3.05) is 5.75 Å². The number of benzene rings is 3. The van der Waals surface area contributed by atoms with Crippen molar-refractivity contribution in [2.24, 2.45) is 0 Å². The minimum Gasteiger partial charge on any atom is -0.352 e. The van der Waals surface area contributed by atoms with Gasteiger partial charge in [-0.05, 0) is 54.8 Å². The van der Waals surface area contributed by atoms with Gasteiger partial charge in [-0.2, -0.15) is 0 Å². The molecular formula is C28H29Cl2FN2O2S. The van der Waals surface area contributed by atoms with E-state index in [1.807, 2.05) is 44.2 Å². The molecule has 0 saturated carbocycles. The van der Waals surface area contributed by atoms with Crippen molar-refractivity contribution < 1.29 is 14.0 Å². The van der Waals surface area contributed by atoms with Crippen LogP contribution in [-0.2, 0) is 28.3 Å². The third-order valence-electron chi connectivity index (χ3n) is 5.45. The van der Waals surface area contributed by atoms with Crippen molar-refractivity contribution in [1.82, 2.24) is 10.2 Å². The quantitative estimate of drug-likeness (QED) is 0.297. The summed E-state index contributed by atoms with van der Waals surface area (Å²) in [4.78, 5) is 28.5. The summed E-state index contributed by atoms with van der Waals surface area (Å²) < 4.78 is 13.2. The molecule has 1 atom stereocenters. The first-order valence-electron chi connectivity index (χ1n) is 11.6. The van der Waals surface area contributed by atoms with Crippen LogP contribution < -0.4 is 5.32 Å². The number of carbonyl (C=O) groups excluding carboxylic acids is 2. The fourth-order valence-electron chi connectivity index (χ4n) is 3.69. The number of carbonyl (C=O) groups is 2. The monoisotopic (exact) mass is 546 g/mol. The molecule has 0 aliphatic carbocycles. The number of nitrogens with one attached hydrogen (secondary N) is 1. The van der Waals surface area contributed by atoms with Gasteiger partial charge in [-0.3, -0.25) is 9.59 Å². The van der Waals surface area contributed by atoms with Gasteiger partial charge in [-0.1, -0.05) is 71.7 Å². The van der Waals surface area contributed by atoms with Gasteiger partial charge in [-0.15, -0.1) is 11.8 Å². The molecule has 0 fully saturated rings. The Morgan fingerprint density at radius 3 is 2.22 bits per heavy atom. The second kappa shape index (κ2) is 13.7. The maximum atomic E-state index is 13.6. The standard InChI is InChI=1S/C28H29Cl2FN2O2S/c1-19(2)32-28(35)26(15-20-6-4-3-5-7-20)33(16-22-10-13-24(29)25(30)14-22)27(34)18-36-17-21-8-11-23(31)12-9-21/h3-14,19,26H,15-18H2,1-2H3,(H,32,35)/t26-/m1/s1. The van der Waals surface area contributed by atoms with Gasteiger partial charge in [-0.25, -0.2) is 4.39 Å². The summed E-state index contributed by atoms with van der Waals surface area (Å²) in [6.45, 7) is 3.98. The van der Waals surface area contributed by atoms with E-state index < -0.39 is 6.04 Å². The van der Waals surface area contributed by atoms with Crippen molar-refractivity contribution in [3.8, 4) is 0 Å². The van der Waals surface area contributed by atoms with E-state index in [-0.39, 0.29) is 36.0 Å². The number of hydrogen-bond donors (Lipinski definition) is 1. The lowest BCUT2D eigenvalue weighted by Crippen LogP contribution is -2.52. The fourth-order valence-corrected chi connectivity index (χ4v) is 4.88. The Hall–Kier alpha value is -2.54. The van der Waals surface area contributed by atoms with Crippen molar-refractivity contribution >= 4 is 46.8 Å². The highest BCUT2D eigenvalue weighted by molar-refractivity contribution is 7.99. The van der Waals surface area contributed by atoms with Crippen molar-refractivity contribution in [1.29, 1.82) is 0 Å². The zero-order valence-electron chi connectivity index (χ0n) is 20.2. The molecule has 1 N–H and O–H groups in total. The zero-order chi connectivity index (χ0) is 26.1. The Bertz CT molecular complexity index is 1160. The van der Waals surface area contributed by atoms with Crippen LogP contribution in [0.25, 0.3) is 0 Å². The average Bonchev–Trinajstić information content (AvgIpc) is 2.85.